The number of benzene rings is 1. The Balaban J connectivity index is 2.09. The summed E-state index contributed by atoms with van der Waals surface area (Å²) in [4.78, 5) is 35.4. The maximum absolute atomic E-state index is 12.4. The first kappa shape index (κ1) is 16.7. The lowest BCUT2D eigenvalue weighted by atomic mass is 9.77. The molecule has 2 heterocycles. The van der Waals surface area contributed by atoms with Gasteiger partial charge in [0.15, 0.2) is 5.76 Å². The molecule has 2 N–H and O–H groups in total. The second kappa shape index (κ2) is 6.04. The van der Waals surface area contributed by atoms with Crippen molar-refractivity contribution >= 4 is 28.9 Å². The number of rotatable bonds is 5. The van der Waals surface area contributed by atoms with Crippen molar-refractivity contribution in [3.63, 3.8) is 0 Å². The summed E-state index contributed by atoms with van der Waals surface area (Å²) in [5, 5.41) is 16.6. The minimum absolute atomic E-state index is 0.0351. The van der Waals surface area contributed by atoms with E-state index >= 15 is 0 Å². The fourth-order valence-electron chi connectivity index (χ4n) is 3.25. The normalized spacial score (nSPS) is 14.7. The summed E-state index contributed by atoms with van der Waals surface area (Å²) in [5.41, 5.74) is 0.0587. The van der Waals surface area contributed by atoms with Crippen molar-refractivity contribution in [2.75, 3.05) is 10.6 Å². The number of carbonyl (C=O) groups is 2. The Morgan fingerprint density at radius 1 is 1.36 bits per heavy atom. The number of hydrogen-bond acceptors (Lipinski definition) is 5. The number of nitrogens with zero attached hydrogens (tertiary/aromatic N) is 1. The van der Waals surface area contributed by atoms with Gasteiger partial charge in [0.25, 0.3) is 11.6 Å². The Bertz CT molecular complexity index is 853. The lowest BCUT2D eigenvalue weighted by Crippen LogP contribution is -2.32. The van der Waals surface area contributed by atoms with Crippen LogP contribution >= 0.6 is 0 Å². The van der Waals surface area contributed by atoms with E-state index in [1.54, 1.807) is 6.07 Å². The number of nitro groups is 1. The number of nitro benzene ring substituents is 1. The minimum atomic E-state index is -0.755. The molecule has 0 spiro atoms. The second-order valence-corrected chi connectivity index (χ2v) is 5.85. The molecule has 8 heteroatoms. The van der Waals surface area contributed by atoms with Crippen LogP contribution in [0.4, 0.5) is 17.1 Å². The van der Waals surface area contributed by atoms with Crippen LogP contribution in [0.5, 0.6) is 0 Å². The fourth-order valence-corrected chi connectivity index (χ4v) is 3.25. The van der Waals surface area contributed by atoms with Crippen LogP contribution in [0.3, 0.4) is 0 Å². The number of carbonyl (C=O) groups excluding carboxylic acids is 2. The molecule has 0 atom stereocenters. The number of furan rings is 1. The maximum atomic E-state index is 12.4. The Labute approximate surface area is 143 Å². The molecule has 0 radical (unpaired) electrons. The molecule has 0 aliphatic carbocycles. The van der Waals surface area contributed by atoms with E-state index in [9.17, 15) is 19.7 Å². The first-order chi connectivity index (χ1) is 11.9. The average molecular weight is 343 g/mol. The van der Waals surface area contributed by atoms with Gasteiger partial charge in [-0.1, -0.05) is 13.8 Å². The second-order valence-electron chi connectivity index (χ2n) is 5.85. The molecule has 0 saturated heterocycles. The van der Waals surface area contributed by atoms with Crippen LogP contribution in [-0.4, -0.2) is 16.7 Å². The molecule has 1 aromatic carbocycles. The number of anilines is 2. The highest BCUT2D eigenvalue weighted by Crippen LogP contribution is 2.46. The molecule has 0 unspecified atom stereocenters. The lowest BCUT2D eigenvalue weighted by Gasteiger charge is -2.24. The van der Waals surface area contributed by atoms with Gasteiger partial charge >= 0.3 is 0 Å². The van der Waals surface area contributed by atoms with Gasteiger partial charge < -0.3 is 15.1 Å². The standard InChI is InChI=1S/C17H17N3O5/c1-3-17(4-2)10-8-12(18-15(21)14-6-5-7-25-14)13(20(23)24)9-11(10)19-16(17)22/h5-9H,3-4H2,1-2H3,(H,18,21)(H,19,22). The first-order valence-electron chi connectivity index (χ1n) is 7.92. The maximum Gasteiger partial charge on any atom is 0.294 e. The Morgan fingerprint density at radius 2 is 2.08 bits per heavy atom. The third-order valence-electron chi connectivity index (χ3n) is 4.73. The average Bonchev–Trinajstić information content (AvgIpc) is 3.20. The molecule has 8 nitrogen and oxygen atoms in total. The molecule has 1 aliphatic rings. The van der Waals surface area contributed by atoms with E-state index in [-0.39, 0.29) is 23.0 Å². The zero-order valence-corrected chi connectivity index (χ0v) is 13.8. The predicted octanol–water partition coefficient (Wildman–Crippen LogP) is 3.45. The van der Waals surface area contributed by atoms with E-state index in [1.165, 1.54) is 24.5 Å². The van der Waals surface area contributed by atoms with Gasteiger partial charge in [-0.25, -0.2) is 0 Å². The van der Waals surface area contributed by atoms with Crippen LogP contribution in [0.1, 0.15) is 42.8 Å². The number of fused-ring (bicyclic) bond motifs is 1. The van der Waals surface area contributed by atoms with Crippen LogP contribution in [-0.2, 0) is 10.2 Å². The van der Waals surface area contributed by atoms with Crippen LogP contribution in [0.15, 0.2) is 34.9 Å². The van der Waals surface area contributed by atoms with E-state index in [2.05, 4.69) is 10.6 Å². The number of nitrogens with one attached hydrogen (secondary N) is 2. The van der Waals surface area contributed by atoms with Gasteiger partial charge in [0.2, 0.25) is 5.91 Å². The molecule has 3 rings (SSSR count). The highest BCUT2D eigenvalue weighted by molar-refractivity contribution is 6.09. The van der Waals surface area contributed by atoms with Crippen molar-refractivity contribution < 1.29 is 18.9 Å². The largest absolute Gasteiger partial charge is 0.459 e. The molecule has 0 fully saturated rings. The van der Waals surface area contributed by atoms with Gasteiger partial charge in [0, 0.05) is 6.07 Å². The van der Waals surface area contributed by atoms with Crippen molar-refractivity contribution in [2.24, 2.45) is 0 Å². The molecule has 0 saturated carbocycles. The summed E-state index contributed by atoms with van der Waals surface area (Å²) in [6, 6.07) is 5.81. The minimum Gasteiger partial charge on any atom is -0.459 e. The molecule has 2 aromatic rings. The van der Waals surface area contributed by atoms with Crippen LogP contribution < -0.4 is 10.6 Å². The van der Waals surface area contributed by atoms with Gasteiger partial charge in [-0.2, -0.15) is 0 Å². The molecule has 130 valence electrons. The zero-order valence-electron chi connectivity index (χ0n) is 13.8. The van der Waals surface area contributed by atoms with Crippen LogP contribution in [0.25, 0.3) is 0 Å². The zero-order chi connectivity index (χ0) is 18.2. The molecular formula is C17H17N3O5. The van der Waals surface area contributed by atoms with E-state index in [0.29, 0.717) is 24.1 Å². The molecule has 2 amide bonds. The highest BCUT2D eigenvalue weighted by atomic mass is 16.6. The summed E-state index contributed by atoms with van der Waals surface area (Å²) in [5.74, 6) is -0.735. The van der Waals surface area contributed by atoms with Crippen molar-refractivity contribution in [2.45, 2.75) is 32.1 Å². The first-order valence-corrected chi connectivity index (χ1v) is 7.92. The van der Waals surface area contributed by atoms with Crippen molar-refractivity contribution in [1.82, 2.24) is 0 Å². The number of hydrogen-bond donors (Lipinski definition) is 2. The quantitative estimate of drug-likeness (QED) is 0.637. The Morgan fingerprint density at radius 3 is 2.64 bits per heavy atom. The summed E-state index contributed by atoms with van der Waals surface area (Å²) in [6.07, 6.45) is 2.44. The van der Waals surface area contributed by atoms with E-state index in [1.807, 2.05) is 13.8 Å². The molecule has 25 heavy (non-hydrogen) atoms. The van der Waals surface area contributed by atoms with Crippen molar-refractivity contribution in [3.8, 4) is 0 Å². The van der Waals surface area contributed by atoms with Gasteiger partial charge in [-0.05, 0) is 36.6 Å². The third kappa shape index (κ3) is 2.55. The van der Waals surface area contributed by atoms with E-state index < -0.39 is 16.2 Å². The SMILES string of the molecule is CCC1(CC)C(=O)Nc2cc([N+](=O)[O-])c(NC(=O)c3ccco3)cc21. The summed E-state index contributed by atoms with van der Waals surface area (Å²) in [7, 11) is 0. The predicted molar refractivity (Wildman–Crippen MR) is 90.6 cm³/mol. The van der Waals surface area contributed by atoms with Crippen LogP contribution in [0.2, 0.25) is 0 Å². The molecular weight excluding hydrogens is 326 g/mol. The molecule has 1 aliphatic heterocycles. The smallest absolute Gasteiger partial charge is 0.294 e. The Kier molecular flexibility index (Phi) is 4.03. The third-order valence-corrected chi connectivity index (χ3v) is 4.73. The molecule has 1 aromatic heterocycles. The van der Waals surface area contributed by atoms with Crippen molar-refractivity contribution in [3.05, 3.63) is 52.0 Å². The van der Waals surface area contributed by atoms with Gasteiger partial charge in [0.1, 0.15) is 5.69 Å². The fraction of sp³-hybridized carbons (Fsp3) is 0.294. The van der Waals surface area contributed by atoms with Crippen molar-refractivity contribution in [1.29, 1.82) is 0 Å². The van der Waals surface area contributed by atoms with E-state index in [4.69, 9.17) is 4.42 Å². The van der Waals surface area contributed by atoms with Gasteiger partial charge in [-0.3, -0.25) is 19.7 Å². The van der Waals surface area contributed by atoms with E-state index in [0.717, 1.165) is 0 Å². The monoisotopic (exact) mass is 343 g/mol. The topological polar surface area (TPSA) is 114 Å². The lowest BCUT2D eigenvalue weighted by molar-refractivity contribution is -0.383. The summed E-state index contributed by atoms with van der Waals surface area (Å²) in [6.45, 7) is 3.78. The summed E-state index contributed by atoms with van der Waals surface area (Å²) < 4.78 is 5.01. The van der Waals surface area contributed by atoms with Gasteiger partial charge in [-0.15, -0.1) is 0 Å². The number of amides is 2. The highest BCUT2D eigenvalue weighted by Gasteiger charge is 2.45. The van der Waals surface area contributed by atoms with Gasteiger partial charge in [0.05, 0.1) is 22.3 Å². The van der Waals surface area contributed by atoms with Crippen LogP contribution in [0, 0.1) is 10.1 Å². The summed E-state index contributed by atoms with van der Waals surface area (Å²) >= 11 is 0. The Hall–Kier alpha value is -3.16. The molecule has 0 bridgehead atoms.